The summed E-state index contributed by atoms with van der Waals surface area (Å²) in [5.41, 5.74) is 3.19. The standard InChI is InChI=1S/C18H16N2O2S/c1-10(2)11-4-12-7-16(23-17(12)13(5-11)8-19)15-6-14(9-20-15)18(21)22-3/h4-7,9-10,20H,1-3H3. The first-order chi connectivity index (χ1) is 11.0. The van der Waals surface area contributed by atoms with Gasteiger partial charge in [0.15, 0.2) is 0 Å². The van der Waals surface area contributed by atoms with E-state index in [1.165, 1.54) is 7.11 Å². The number of nitrogens with zero attached hydrogens (tertiary/aromatic N) is 1. The van der Waals surface area contributed by atoms with Crippen molar-refractivity contribution in [1.82, 2.24) is 4.98 Å². The highest BCUT2D eigenvalue weighted by Gasteiger charge is 2.14. The molecule has 2 aromatic heterocycles. The van der Waals surface area contributed by atoms with Crippen molar-refractivity contribution in [2.75, 3.05) is 7.11 Å². The van der Waals surface area contributed by atoms with E-state index in [1.54, 1.807) is 23.6 Å². The summed E-state index contributed by atoms with van der Waals surface area (Å²) in [5, 5.41) is 10.5. The molecule has 0 saturated carbocycles. The molecule has 0 fully saturated rings. The van der Waals surface area contributed by atoms with Gasteiger partial charge in [-0.3, -0.25) is 0 Å². The highest BCUT2D eigenvalue weighted by atomic mass is 32.1. The predicted molar refractivity (Wildman–Crippen MR) is 91.8 cm³/mol. The third-order valence-corrected chi connectivity index (χ3v) is 5.01. The Morgan fingerprint density at radius 1 is 1.30 bits per heavy atom. The van der Waals surface area contributed by atoms with Gasteiger partial charge in [-0.1, -0.05) is 13.8 Å². The van der Waals surface area contributed by atoms with E-state index in [0.717, 1.165) is 26.2 Å². The Morgan fingerprint density at radius 2 is 2.09 bits per heavy atom. The lowest BCUT2D eigenvalue weighted by Gasteiger charge is -2.05. The molecule has 4 nitrogen and oxygen atoms in total. The summed E-state index contributed by atoms with van der Waals surface area (Å²) in [5.74, 6) is -0.000293. The van der Waals surface area contributed by atoms with Gasteiger partial charge < -0.3 is 9.72 Å². The third-order valence-electron chi connectivity index (χ3n) is 3.80. The monoisotopic (exact) mass is 324 g/mol. The lowest BCUT2D eigenvalue weighted by atomic mass is 9.99. The van der Waals surface area contributed by atoms with Gasteiger partial charge in [-0.25, -0.2) is 4.79 Å². The molecule has 23 heavy (non-hydrogen) atoms. The highest BCUT2D eigenvalue weighted by molar-refractivity contribution is 7.22. The summed E-state index contributed by atoms with van der Waals surface area (Å²) >= 11 is 1.55. The molecule has 3 aromatic rings. The number of H-pyrrole nitrogens is 1. The van der Waals surface area contributed by atoms with Crippen LogP contribution in [0.3, 0.4) is 0 Å². The molecule has 0 atom stereocenters. The number of fused-ring (bicyclic) bond motifs is 1. The molecule has 0 amide bonds. The summed E-state index contributed by atoms with van der Waals surface area (Å²) in [4.78, 5) is 15.7. The minimum Gasteiger partial charge on any atom is -0.465 e. The number of carbonyl (C=O) groups excluding carboxylic acids is 1. The summed E-state index contributed by atoms with van der Waals surface area (Å²) < 4.78 is 5.70. The van der Waals surface area contributed by atoms with Crippen LogP contribution in [-0.4, -0.2) is 18.1 Å². The first-order valence-electron chi connectivity index (χ1n) is 7.28. The van der Waals surface area contributed by atoms with Crippen LogP contribution in [0.25, 0.3) is 20.7 Å². The molecule has 5 heteroatoms. The van der Waals surface area contributed by atoms with Crippen LogP contribution in [0.2, 0.25) is 0 Å². The Hall–Kier alpha value is -2.58. The molecule has 0 unspecified atom stereocenters. The number of rotatable bonds is 3. The Bertz CT molecular complexity index is 928. The summed E-state index contributed by atoms with van der Waals surface area (Å²) in [6, 6.07) is 10.2. The fourth-order valence-corrected chi connectivity index (χ4v) is 3.58. The van der Waals surface area contributed by atoms with Crippen LogP contribution in [0, 0.1) is 11.3 Å². The lowest BCUT2D eigenvalue weighted by molar-refractivity contribution is 0.0601. The maximum absolute atomic E-state index is 11.6. The van der Waals surface area contributed by atoms with E-state index in [4.69, 9.17) is 4.74 Å². The second-order valence-electron chi connectivity index (χ2n) is 5.66. The van der Waals surface area contributed by atoms with E-state index >= 15 is 0 Å². The van der Waals surface area contributed by atoms with Crippen molar-refractivity contribution in [2.24, 2.45) is 0 Å². The molecule has 2 heterocycles. The maximum Gasteiger partial charge on any atom is 0.339 e. The van der Waals surface area contributed by atoms with Gasteiger partial charge in [0.05, 0.1) is 33.5 Å². The molecule has 0 bridgehead atoms. The molecule has 3 rings (SSSR count). The van der Waals surface area contributed by atoms with Crippen LogP contribution >= 0.6 is 11.3 Å². The number of esters is 1. The highest BCUT2D eigenvalue weighted by Crippen LogP contribution is 2.37. The molecular weight excluding hydrogens is 308 g/mol. The molecule has 1 N–H and O–H groups in total. The molecule has 0 radical (unpaired) electrons. The van der Waals surface area contributed by atoms with Crippen LogP contribution in [0.1, 0.15) is 41.3 Å². The number of hydrogen-bond acceptors (Lipinski definition) is 4. The largest absolute Gasteiger partial charge is 0.465 e. The number of benzene rings is 1. The van der Waals surface area contributed by atoms with Gasteiger partial charge in [0, 0.05) is 6.20 Å². The Kier molecular flexibility index (Phi) is 3.93. The zero-order chi connectivity index (χ0) is 16.6. The van der Waals surface area contributed by atoms with Crippen LogP contribution in [0.5, 0.6) is 0 Å². The fraction of sp³-hybridized carbons (Fsp3) is 0.222. The van der Waals surface area contributed by atoms with Crippen LogP contribution < -0.4 is 0 Å². The number of aromatic amines is 1. The van der Waals surface area contributed by atoms with E-state index in [1.807, 2.05) is 6.07 Å². The van der Waals surface area contributed by atoms with Gasteiger partial charge in [-0.05, 0) is 41.1 Å². The summed E-state index contributed by atoms with van der Waals surface area (Å²) in [6.07, 6.45) is 1.64. The smallest absolute Gasteiger partial charge is 0.339 e. The number of aromatic nitrogens is 1. The maximum atomic E-state index is 11.6. The number of hydrogen-bond donors (Lipinski definition) is 1. The molecule has 0 aliphatic heterocycles. The second-order valence-corrected chi connectivity index (χ2v) is 6.71. The van der Waals surface area contributed by atoms with E-state index in [0.29, 0.717) is 17.0 Å². The molecular formula is C18H16N2O2S. The van der Waals surface area contributed by atoms with Gasteiger partial charge in [0.2, 0.25) is 0 Å². The average molecular weight is 324 g/mol. The zero-order valence-electron chi connectivity index (χ0n) is 13.1. The van der Waals surface area contributed by atoms with Crippen molar-refractivity contribution in [2.45, 2.75) is 19.8 Å². The Labute approximate surface area is 138 Å². The van der Waals surface area contributed by atoms with Crippen molar-refractivity contribution < 1.29 is 9.53 Å². The predicted octanol–water partition coefficient (Wildman–Crippen LogP) is 4.68. The van der Waals surface area contributed by atoms with Crippen molar-refractivity contribution in [3.8, 4) is 16.6 Å². The first kappa shape index (κ1) is 15.3. The quantitative estimate of drug-likeness (QED) is 0.711. The van der Waals surface area contributed by atoms with Crippen LogP contribution in [-0.2, 0) is 4.74 Å². The number of carbonyl (C=O) groups is 1. The van der Waals surface area contributed by atoms with Crippen LogP contribution in [0.15, 0.2) is 30.5 Å². The second kappa shape index (κ2) is 5.90. The number of nitriles is 1. The van der Waals surface area contributed by atoms with E-state index in [9.17, 15) is 10.1 Å². The molecule has 116 valence electrons. The lowest BCUT2D eigenvalue weighted by Crippen LogP contribution is -1.98. The van der Waals surface area contributed by atoms with Crippen molar-refractivity contribution in [3.05, 3.63) is 47.2 Å². The van der Waals surface area contributed by atoms with E-state index in [2.05, 4.69) is 37.0 Å². The van der Waals surface area contributed by atoms with E-state index in [-0.39, 0.29) is 5.97 Å². The summed E-state index contributed by atoms with van der Waals surface area (Å²) in [6.45, 7) is 4.23. The SMILES string of the molecule is COC(=O)c1c[nH]c(-c2cc3cc(C(C)C)cc(C#N)c3s2)c1. The molecule has 0 aliphatic carbocycles. The normalized spacial score (nSPS) is 10.9. The topological polar surface area (TPSA) is 65.9 Å². The number of ether oxygens (including phenoxy) is 1. The first-order valence-corrected chi connectivity index (χ1v) is 8.09. The Balaban J connectivity index is 2.11. The zero-order valence-corrected chi connectivity index (χ0v) is 14.0. The van der Waals surface area contributed by atoms with Gasteiger partial charge in [-0.15, -0.1) is 11.3 Å². The molecule has 0 saturated heterocycles. The minimum absolute atomic E-state index is 0.367. The molecule has 0 aliphatic rings. The fourth-order valence-electron chi connectivity index (χ4n) is 2.50. The van der Waals surface area contributed by atoms with Crippen molar-refractivity contribution in [1.29, 1.82) is 5.26 Å². The van der Waals surface area contributed by atoms with Gasteiger partial charge in [0.1, 0.15) is 6.07 Å². The van der Waals surface area contributed by atoms with E-state index < -0.39 is 0 Å². The number of methoxy groups -OCH3 is 1. The summed E-state index contributed by atoms with van der Waals surface area (Å²) in [7, 11) is 1.36. The van der Waals surface area contributed by atoms with Gasteiger partial charge >= 0.3 is 5.97 Å². The van der Waals surface area contributed by atoms with Crippen molar-refractivity contribution in [3.63, 3.8) is 0 Å². The average Bonchev–Trinajstić information content (AvgIpc) is 3.19. The number of thiophene rings is 1. The minimum atomic E-state index is -0.367. The molecule has 1 aromatic carbocycles. The Morgan fingerprint density at radius 3 is 2.74 bits per heavy atom. The number of nitrogens with one attached hydrogen (secondary N) is 1. The van der Waals surface area contributed by atoms with Crippen LogP contribution in [0.4, 0.5) is 0 Å². The van der Waals surface area contributed by atoms with Gasteiger partial charge in [-0.2, -0.15) is 5.26 Å². The van der Waals surface area contributed by atoms with Gasteiger partial charge in [0.25, 0.3) is 0 Å². The molecule has 0 spiro atoms. The van der Waals surface area contributed by atoms with Crippen molar-refractivity contribution >= 4 is 27.4 Å². The third kappa shape index (κ3) is 2.73.